The van der Waals surface area contributed by atoms with Gasteiger partial charge in [0.15, 0.2) is 5.03 Å². The van der Waals surface area contributed by atoms with Crippen molar-refractivity contribution in [2.75, 3.05) is 7.05 Å². The molecule has 18 heavy (non-hydrogen) atoms. The van der Waals surface area contributed by atoms with Crippen molar-refractivity contribution in [1.82, 2.24) is 14.5 Å². The molecule has 5 nitrogen and oxygen atoms in total. The molecule has 0 aliphatic heterocycles. The van der Waals surface area contributed by atoms with Crippen LogP contribution in [0.15, 0.2) is 35.5 Å². The highest BCUT2D eigenvalue weighted by atomic mass is 32.2. The fourth-order valence-electron chi connectivity index (χ4n) is 1.59. The smallest absolute Gasteiger partial charge is 0.220 e. The van der Waals surface area contributed by atoms with E-state index in [1.54, 1.807) is 13.0 Å². The van der Waals surface area contributed by atoms with Gasteiger partial charge in [0.25, 0.3) is 10.0 Å². The van der Waals surface area contributed by atoms with Crippen LogP contribution in [-0.2, 0) is 10.0 Å². The van der Waals surface area contributed by atoms with Gasteiger partial charge < -0.3 is 0 Å². The van der Waals surface area contributed by atoms with Crippen molar-refractivity contribution < 1.29 is 12.8 Å². The fraction of sp³-hybridized carbons (Fsp3) is 0.182. The van der Waals surface area contributed by atoms with Crippen LogP contribution < -0.4 is 4.72 Å². The summed E-state index contributed by atoms with van der Waals surface area (Å²) in [5.41, 5.74) is 1.13. The third-order valence-corrected chi connectivity index (χ3v) is 3.95. The summed E-state index contributed by atoms with van der Waals surface area (Å²) in [7, 11) is -2.32. The summed E-state index contributed by atoms with van der Waals surface area (Å²) < 4.78 is 40.2. The third kappa shape index (κ3) is 2.14. The summed E-state index contributed by atoms with van der Waals surface area (Å²) in [6.07, 6.45) is 1.36. The second-order valence-electron chi connectivity index (χ2n) is 3.72. The summed E-state index contributed by atoms with van der Waals surface area (Å²) in [6.45, 7) is 1.76. The minimum atomic E-state index is -3.64. The SMILES string of the molecule is CNS(=O)(=O)c1ccnn1-c1cc(F)ccc1C. The number of aromatic nitrogens is 2. The Hall–Kier alpha value is -1.73. The van der Waals surface area contributed by atoms with Gasteiger partial charge in [0.1, 0.15) is 5.82 Å². The first-order chi connectivity index (χ1) is 8.45. The van der Waals surface area contributed by atoms with Crippen molar-refractivity contribution in [3.05, 3.63) is 41.8 Å². The highest BCUT2D eigenvalue weighted by Gasteiger charge is 2.19. The maximum Gasteiger partial charge on any atom is 0.257 e. The molecule has 0 saturated heterocycles. The van der Waals surface area contributed by atoms with E-state index in [0.29, 0.717) is 5.69 Å². The van der Waals surface area contributed by atoms with E-state index in [1.165, 1.54) is 36.1 Å². The Morgan fingerprint density at radius 3 is 2.72 bits per heavy atom. The van der Waals surface area contributed by atoms with Crippen LogP contribution in [0.5, 0.6) is 0 Å². The van der Waals surface area contributed by atoms with Crippen LogP contribution >= 0.6 is 0 Å². The number of nitrogens with zero attached hydrogens (tertiary/aromatic N) is 2. The third-order valence-electron chi connectivity index (χ3n) is 2.55. The average molecular weight is 269 g/mol. The number of nitrogens with one attached hydrogen (secondary N) is 1. The summed E-state index contributed by atoms with van der Waals surface area (Å²) in [6, 6.07) is 5.49. The molecule has 0 unspecified atom stereocenters. The monoisotopic (exact) mass is 269 g/mol. The zero-order valence-corrected chi connectivity index (χ0v) is 10.7. The van der Waals surface area contributed by atoms with Gasteiger partial charge in [0.05, 0.1) is 11.9 Å². The molecule has 0 fully saturated rings. The van der Waals surface area contributed by atoms with Gasteiger partial charge in [0.2, 0.25) is 0 Å². The number of sulfonamides is 1. The lowest BCUT2D eigenvalue weighted by Gasteiger charge is -2.10. The zero-order valence-electron chi connectivity index (χ0n) is 9.88. The largest absolute Gasteiger partial charge is 0.257 e. The zero-order chi connectivity index (χ0) is 13.3. The molecule has 96 valence electrons. The standard InChI is InChI=1S/C11H12FN3O2S/c1-8-3-4-9(12)7-10(8)15-11(5-6-14-15)18(16,17)13-2/h3-7,13H,1-2H3. The van der Waals surface area contributed by atoms with Crippen molar-refractivity contribution in [3.63, 3.8) is 0 Å². The van der Waals surface area contributed by atoms with Gasteiger partial charge in [-0.1, -0.05) is 6.07 Å². The number of halogens is 1. The van der Waals surface area contributed by atoms with Gasteiger partial charge in [-0.3, -0.25) is 0 Å². The van der Waals surface area contributed by atoms with Gasteiger partial charge in [-0.05, 0) is 37.7 Å². The van der Waals surface area contributed by atoms with E-state index in [1.807, 2.05) is 0 Å². The van der Waals surface area contributed by atoms with Gasteiger partial charge in [-0.15, -0.1) is 0 Å². The van der Waals surface area contributed by atoms with Gasteiger partial charge in [-0.25, -0.2) is 22.2 Å². The van der Waals surface area contributed by atoms with Crippen LogP contribution in [0.25, 0.3) is 5.69 Å². The molecule has 0 amide bonds. The Labute approximate surface area is 104 Å². The topological polar surface area (TPSA) is 64.0 Å². The van der Waals surface area contributed by atoms with Crippen molar-refractivity contribution in [2.24, 2.45) is 0 Å². The molecule has 2 aromatic rings. The highest BCUT2D eigenvalue weighted by molar-refractivity contribution is 7.89. The van der Waals surface area contributed by atoms with Crippen LogP contribution in [0.4, 0.5) is 4.39 Å². The number of benzene rings is 1. The number of hydrogen-bond acceptors (Lipinski definition) is 3. The maximum absolute atomic E-state index is 13.2. The van der Waals surface area contributed by atoms with Crippen molar-refractivity contribution in [1.29, 1.82) is 0 Å². The molecule has 1 N–H and O–H groups in total. The van der Waals surface area contributed by atoms with E-state index in [-0.39, 0.29) is 5.03 Å². The molecule has 1 heterocycles. The molecule has 0 aliphatic rings. The van der Waals surface area contributed by atoms with Gasteiger partial charge in [0, 0.05) is 0 Å². The van der Waals surface area contributed by atoms with Crippen molar-refractivity contribution >= 4 is 10.0 Å². The summed E-state index contributed by atoms with van der Waals surface area (Å²) in [5, 5.41) is 3.90. The summed E-state index contributed by atoms with van der Waals surface area (Å²) >= 11 is 0. The predicted octanol–water partition coefficient (Wildman–Crippen LogP) is 1.23. The minimum Gasteiger partial charge on any atom is -0.220 e. The van der Waals surface area contributed by atoms with E-state index in [0.717, 1.165) is 5.56 Å². The normalized spacial score (nSPS) is 11.7. The summed E-state index contributed by atoms with van der Waals surface area (Å²) in [5.74, 6) is -0.445. The molecular weight excluding hydrogens is 257 g/mol. The van der Waals surface area contributed by atoms with Crippen LogP contribution in [0, 0.1) is 12.7 Å². The Morgan fingerprint density at radius 2 is 2.06 bits per heavy atom. The Bertz CT molecular complexity index is 679. The fourth-order valence-corrected chi connectivity index (χ4v) is 2.41. The molecule has 2 rings (SSSR count). The molecule has 1 aromatic carbocycles. The first-order valence-corrected chi connectivity index (χ1v) is 6.68. The van der Waals surface area contributed by atoms with E-state index in [4.69, 9.17) is 0 Å². The first-order valence-electron chi connectivity index (χ1n) is 5.20. The molecule has 7 heteroatoms. The molecule has 0 saturated carbocycles. The maximum atomic E-state index is 13.2. The van der Waals surface area contributed by atoms with Gasteiger partial charge >= 0.3 is 0 Å². The molecular formula is C11H12FN3O2S. The molecule has 0 bridgehead atoms. The van der Waals surface area contributed by atoms with Gasteiger partial charge in [-0.2, -0.15) is 5.10 Å². The Morgan fingerprint density at radius 1 is 1.33 bits per heavy atom. The van der Waals surface area contributed by atoms with Crippen molar-refractivity contribution in [3.8, 4) is 5.69 Å². The molecule has 0 atom stereocenters. The Balaban J connectivity index is 2.67. The minimum absolute atomic E-state index is 0.0290. The van der Waals surface area contributed by atoms with Crippen LogP contribution in [-0.4, -0.2) is 25.2 Å². The lowest BCUT2D eigenvalue weighted by atomic mass is 10.2. The first kappa shape index (κ1) is 12.7. The number of aryl methyl sites for hydroxylation is 1. The summed E-state index contributed by atoms with van der Waals surface area (Å²) in [4.78, 5) is 0. The molecule has 0 radical (unpaired) electrons. The quantitative estimate of drug-likeness (QED) is 0.911. The van der Waals surface area contributed by atoms with Crippen LogP contribution in [0.3, 0.4) is 0 Å². The number of hydrogen-bond donors (Lipinski definition) is 1. The lowest BCUT2D eigenvalue weighted by molar-refractivity contribution is 0.576. The molecule has 0 spiro atoms. The lowest BCUT2D eigenvalue weighted by Crippen LogP contribution is -2.22. The van der Waals surface area contributed by atoms with Crippen LogP contribution in [0.2, 0.25) is 0 Å². The molecule has 1 aromatic heterocycles. The number of rotatable bonds is 3. The van der Waals surface area contributed by atoms with Crippen molar-refractivity contribution in [2.45, 2.75) is 11.9 Å². The van der Waals surface area contributed by atoms with E-state index < -0.39 is 15.8 Å². The molecule has 0 aliphatic carbocycles. The second kappa shape index (κ2) is 4.51. The average Bonchev–Trinajstić information content (AvgIpc) is 2.82. The predicted molar refractivity (Wildman–Crippen MR) is 64.5 cm³/mol. The van der Waals surface area contributed by atoms with E-state index in [9.17, 15) is 12.8 Å². The second-order valence-corrected chi connectivity index (χ2v) is 5.55. The highest BCUT2D eigenvalue weighted by Crippen LogP contribution is 2.19. The Kier molecular flexibility index (Phi) is 3.18. The van der Waals surface area contributed by atoms with Crippen LogP contribution in [0.1, 0.15) is 5.56 Å². The van der Waals surface area contributed by atoms with E-state index >= 15 is 0 Å². The van der Waals surface area contributed by atoms with E-state index in [2.05, 4.69) is 9.82 Å².